The third-order valence-corrected chi connectivity index (χ3v) is 2.96. The van der Waals surface area contributed by atoms with Crippen LogP contribution in [0.5, 0.6) is 0 Å². The molecule has 0 aliphatic rings. The van der Waals surface area contributed by atoms with Gasteiger partial charge in [-0.25, -0.2) is 4.79 Å². The van der Waals surface area contributed by atoms with Gasteiger partial charge < -0.3 is 10.1 Å². The predicted octanol–water partition coefficient (Wildman–Crippen LogP) is 2.07. The lowest BCUT2D eigenvalue weighted by molar-refractivity contribution is -0.143. The van der Waals surface area contributed by atoms with Crippen LogP contribution in [0, 0.1) is 5.92 Å². The summed E-state index contributed by atoms with van der Waals surface area (Å²) in [5.41, 5.74) is 0.577. The van der Waals surface area contributed by atoms with E-state index in [-0.39, 0.29) is 5.91 Å². The van der Waals surface area contributed by atoms with Crippen LogP contribution >= 0.6 is 11.3 Å². The number of esters is 1. The number of thiophene rings is 1. The van der Waals surface area contributed by atoms with Crippen molar-refractivity contribution in [1.29, 1.82) is 0 Å². The molecule has 4 nitrogen and oxygen atoms in total. The molecule has 1 atom stereocenters. The fraction of sp³-hybridized carbons (Fsp3) is 0.500. The first kappa shape index (κ1) is 13.7. The topological polar surface area (TPSA) is 55.4 Å². The molecule has 0 aliphatic heterocycles. The predicted molar refractivity (Wildman–Crippen MR) is 67.0 cm³/mol. The summed E-state index contributed by atoms with van der Waals surface area (Å²) in [5.74, 6) is -0.327. The van der Waals surface area contributed by atoms with E-state index in [0.29, 0.717) is 17.9 Å². The van der Waals surface area contributed by atoms with Gasteiger partial charge in [-0.2, -0.15) is 11.3 Å². The maximum absolute atomic E-state index is 11.8. The number of carbonyl (C=O) groups is 2. The Kier molecular flexibility index (Phi) is 5.15. The summed E-state index contributed by atoms with van der Waals surface area (Å²) in [6, 6.07) is 1.15. The summed E-state index contributed by atoms with van der Waals surface area (Å²) in [4.78, 5) is 23.3. The van der Waals surface area contributed by atoms with E-state index in [1.807, 2.05) is 19.2 Å². The number of ether oxygens (including phenoxy) is 1. The highest BCUT2D eigenvalue weighted by Gasteiger charge is 2.23. The Morgan fingerprint density at radius 3 is 2.65 bits per heavy atom. The number of hydrogen-bond acceptors (Lipinski definition) is 4. The fourth-order valence-corrected chi connectivity index (χ4v) is 2.10. The molecule has 1 N–H and O–H groups in total. The molecular formula is C12H17NO3S. The standard InChI is InChI=1S/C12H17NO3S/c1-8(2)6-10(12(15)16-3)13-11(14)9-4-5-17-7-9/h4-5,7-8,10H,6H2,1-3H3,(H,13,14). The van der Waals surface area contributed by atoms with Gasteiger partial charge in [0.05, 0.1) is 12.7 Å². The van der Waals surface area contributed by atoms with E-state index in [0.717, 1.165) is 0 Å². The molecule has 1 heterocycles. The van der Waals surface area contributed by atoms with Gasteiger partial charge in [-0.3, -0.25) is 4.79 Å². The van der Waals surface area contributed by atoms with Crippen LogP contribution in [0.15, 0.2) is 16.8 Å². The van der Waals surface area contributed by atoms with E-state index in [9.17, 15) is 9.59 Å². The van der Waals surface area contributed by atoms with Crippen molar-refractivity contribution in [2.45, 2.75) is 26.3 Å². The molecule has 1 aromatic heterocycles. The average Bonchev–Trinajstić information content (AvgIpc) is 2.79. The van der Waals surface area contributed by atoms with Gasteiger partial charge in [0.1, 0.15) is 6.04 Å². The van der Waals surface area contributed by atoms with Crippen molar-refractivity contribution in [1.82, 2.24) is 5.32 Å². The molecule has 1 rings (SSSR count). The zero-order chi connectivity index (χ0) is 12.8. The molecule has 0 bridgehead atoms. The van der Waals surface area contributed by atoms with Crippen molar-refractivity contribution < 1.29 is 14.3 Å². The van der Waals surface area contributed by atoms with Gasteiger partial charge in [-0.15, -0.1) is 0 Å². The van der Waals surface area contributed by atoms with Crippen LogP contribution in [0.4, 0.5) is 0 Å². The minimum Gasteiger partial charge on any atom is -0.467 e. The van der Waals surface area contributed by atoms with Crippen LogP contribution in [-0.2, 0) is 9.53 Å². The molecule has 0 saturated heterocycles. The van der Waals surface area contributed by atoms with Gasteiger partial charge in [0.25, 0.3) is 5.91 Å². The van der Waals surface area contributed by atoms with Gasteiger partial charge in [0.2, 0.25) is 0 Å². The zero-order valence-electron chi connectivity index (χ0n) is 10.2. The monoisotopic (exact) mass is 255 g/mol. The Balaban J connectivity index is 2.66. The summed E-state index contributed by atoms with van der Waals surface area (Å²) in [6.07, 6.45) is 0.572. The minimum absolute atomic E-state index is 0.234. The molecule has 1 aromatic rings. The van der Waals surface area contributed by atoms with Gasteiger partial charge in [0, 0.05) is 5.38 Å². The maximum Gasteiger partial charge on any atom is 0.328 e. The zero-order valence-corrected chi connectivity index (χ0v) is 11.0. The Bertz CT molecular complexity index is 373. The van der Waals surface area contributed by atoms with E-state index in [2.05, 4.69) is 10.1 Å². The quantitative estimate of drug-likeness (QED) is 0.819. The third-order valence-electron chi connectivity index (χ3n) is 2.28. The van der Waals surface area contributed by atoms with Gasteiger partial charge in [0.15, 0.2) is 0 Å². The van der Waals surface area contributed by atoms with Gasteiger partial charge in [-0.1, -0.05) is 13.8 Å². The van der Waals surface area contributed by atoms with Crippen molar-refractivity contribution in [3.63, 3.8) is 0 Å². The molecule has 0 radical (unpaired) electrons. The van der Waals surface area contributed by atoms with Crippen molar-refractivity contribution in [2.75, 3.05) is 7.11 Å². The lowest BCUT2D eigenvalue weighted by atomic mass is 10.0. The van der Waals surface area contributed by atoms with Crippen molar-refractivity contribution in [2.24, 2.45) is 5.92 Å². The molecule has 0 aliphatic carbocycles. The van der Waals surface area contributed by atoms with E-state index in [4.69, 9.17) is 0 Å². The Morgan fingerprint density at radius 1 is 1.47 bits per heavy atom. The highest BCUT2D eigenvalue weighted by atomic mass is 32.1. The second kappa shape index (κ2) is 6.39. The Hall–Kier alpha value is -1.36. The van der Waals surface area contributed by atoms with Crippen molar-refractivity contribution in [3.05, 3.63) is 22.4 Å². The first-order valence-corrected chi connectivity index (χ1v) is 6.39. The lowest BCUT2D eigenvalue weighted by Crippen LogP contribution is -2.42. The van der Waals surface area contributed by atoms with E-state index >= 15 is 0 Å². The summed E-state index contributed by atoms with van der Waals surface area (Å²) >= 11 is 1.45. The average molecular weight is 255 g/mol. The smallest absolute Gasteiger partial charge is 0.328 e. The second-order valence-corrected chi connectivity index (χ2v) is 4.97. The van der Waals surface area contributed by atoms with E-state index in [1.165, 1.54) is 18.4 Å². The number of rotatable bonds is 5. The number of carbonyl (C=O) groups excluding carboxylic acids is 2. The highest BCUT2D eigenvalue weighted by Crippen LogP contribution is 2.09. The van der Waals surface area contributed by atoms with Gasteiger partial charge in [-0.05, 0) is 23.8 Å². The fourth-order valence-electron chi connectivity index (χ4n) is 1.46. The van der Waals surface area contributed by atoms with Crippen LogP contribution in [0.25, 0.3) is 0 Å². The summed E-state index contributed by atoms with van der Waals surface area (Å²) in [7, 11) is 1.33. The molecule has 1 unspecified atom stereocenters. The maximum atomic E-state index is 11.8. The van der Waals surface area contributed by atoms with Crippen LogP contribution in [0.1, 0.15) is 30.6 Å². The van der Waals surface area contributed by atoms with Crippen LogP contribution in [-0.4, -0.2) is 25.0 Å². The molecule has 0 saturated carbocycles. The molecule has 0 spiro atoms. The lowest BCUT2D eigenvalue weighted by Gasteiger charge is -2.17. The molecule has 5 heteroatoms. The first-order chi connectivity index (χ1) is 8.04. The van der Waals surface area contributed by atoms with Crippen LogP contribution in [0.3, 0.4) is 0 Å². The molecule has 94 valence electrons. The Morgan fingerprint density at radius 2 is 2.18 bits per heavy atom. The van der Waals surface area contributed by atoms with Crippen LogP contribution < -0.4 is 5.32 Å². The molecule has 17 heavy (non-hydrogen) atoms. The second-order valence-electron chi connectivity index (χ2n) is 4.19. The normalized spacial score (nSPS) is 12.2. The van der Waals surface area contributed by atoms with Crippen LogP contribution in [0.2, 0.25) is 0 Å². The summed E-state index contributed by atoms with van der Waals surface area (Å²) < 4.78 is 4.68. The summed E-state index contributed by atoms with van der Waals surface area (Å²) in [6.45, 7) is 3.99. The highest BCUT2D eigenvalue weighted by molar-refractivity contribution is 7.08. The Labute approximate surface area is 105 Å². The van der Waals surface area contributed by atoms with Gasteiger partial charge >= 0.3 is 5.97 Å². The molecule has 0 fully saturated rings. The van der Waals surface area contributed by atoms with E-state index < -0.39 is 12.0 Å². The first-order valence-electron chi connectivity index (χ1n) is 5.45. The number of methoxy groups -OCH3 is 1. The van der Waals surface area contributed by atoms with Crippen molar-refractivity contribution >= 4 is 23.2 Å². The number of hydrogen-bond donors (Lipinski definition) is 1. The SMILES string of the molecule is COC(=O)C(CC(C)C)NC(=O)c1ccsc1. The van der Waals surface area contributed by atoms with E-state index in [1.54, 1.807) is 11.4 Å². The number of amides is 1. The minimum atomic E-state index is -0.576. The molecular weight excluding hydrogens is 238 g/mol. The molecule has 1 amide bonds. The third kappa shape index (κ3) is 4.19. The summed E-state index contributed by atoms with van der Waals surface area (Å²) in [5, 5.41) is 6.27. The molecule has 0 aromatic carbocycles. The number of nitrogens with one attached hydrogen (secondary N) is 1. The largest absolute Gasteiger partial charge is 0.467 e. The van der Waals surface area contributed by atoms with Crippen molar-refractivity contribution in [3.8, 4) is 0 Å².